The van der Waals surface area contributed by atoms with Gasteiger partial charge in [0.25, 0.3) is 0 Å². The Labute approximate surface area is 179 Å². The van der Waals surface area contributed by atoms with E-state index in [0.29, 0.717) is 24.4 Å². The summed E-state index contributed by atoms with van der Waals surface area (Å²) < 4.78 is 11.8. The minimum Gasteiger partial charge on any atom is -0.489 e. The van der Waals surface area contributed by atoms with Crippen LogP contribution in [0.15, 0.2) is 48.5 Å². The summed E-state index contributed by atoms with van der Waals surface area (Å²) in [6, 6.07) is 17.1. The van der Waals surface area contributed by atoms with Crippen LogP contribution in [0.4, 0.5) is 0 Å². The molecule has 0 saturated heterocycles. The molecule has 0 spiro atoms. The normalized spacial score (nSPS) is 31.9. The summed E-state index contributed by atoms with van der Waals surface area (Å²) in [4.78, 5) is 11.6. The van der Waals surface area contributed by atoms with Crippen LogP contribution in [0.1, 0.15) is 68.6 Å². The van der Waals surface area contributed by atoms with Gasteiger partial charge in [0.1, 0.15) is 18.5 Å². The second-order valence-electron chi connectivity index (χ2n) is 9.77. The van der Waals surface area contributed by atoms with E-state index >= 15 is 0 Å². The molecule has 0 amide bonds. The first-order valence-corrected chi connectivity index (χ1v) is 11.5. The molecule has 0 bridgehead atoms. The highest BCUT2D eigenvalue weighted by Gasteiger charge is 2.56. The van der Waals surface area contributed by atoms with Crippen LogP contribution >= 0.6 is 0 Å². The van der Waals surface area contributed by atoms with Crippen LogP contribution < -0.4 is 4.74 Å². The van der Waals surface area contributed by atoms with Gasteiger partial charge in [0.2, 0.25) is 0 Å². The fraction of sp³-hybridized carbons (Fsp3) is 0.519. The highest BCUT2D eigenvalue weighted by Crippen LogP contribution is 2.61. The van der Waals surface area contributed by atoms with Crippen molar-refractivity contribution >= 4 is 5.97 Å². The first kappa shape index (κ1) is 19.7. The number of hydrogen-bond acceptors (Lipinski definition) is 3. The van der Waals surface area contributed by atoms with Crippen LogP contribution in [0.3, 0.4) is 0 Å². The lowest BCUT2D eigenvalue weighted by Crippen LogP contribution is -2.45. The molecule has 0 aliphatic heterocycles. The molecule has 0 aromatic heterocycles. The molecule has 5 rings (SSSR count). The predicted molar refractivity (Wildman–Crippen MR) is 117 cm³/mol. The van der Waals surface area contributed by atoms with Gasteiger partial charge in [0.15, 0.2) is 0 Å². The molecule has 30 heavy (non-hydrogen) atoms. The van der Waals surface area contributed by atoms with Crippen molar-refractivity contribution in [1.29, 1.82) is 0 Å². The van der Waals surface area contributed by atoms with Gasteiger partial charge < -0.3 is 9.47 Å². The van der Waals surface area contributed by atoms with E-state index in [1.807, 2.05) is 6.07 Å². The topological polar surface area (TPSA) is 35.5 Å². The van der Waals surface area contributed by atoms with Crippen molar-refractivity contribution in [3.8, 4) is 5.75 Å². The van der Waals surface area contributed by atoms with Crippen LogP contribution in [0.25, 0.3) is 0 Å². The second kappa shape index (κ2) is 7.76. The molecule has 3 aliphatic carbocycles. The van der Waals surface area contributed by atoms with Crippen molar-refractivity contribution in [1.82, 2.24) is 0 Å². The molecule has 158 valence electrons. The number of carbonyl (C=O) groups is 1. The van der Waals surface area contributed by atoms with Gasteiger partial charge in [0, 0.05) is 12.3 Å². The highest BCUT2D eigenvalue weighted by molar-refractivity contribution is 5.66. The molecule has 3 heteroatoms. The number of esters is 1. The molecule has 0 radical (unpaired) electrons. The summed E-state index contributed by atoms with van der Waals surface area (Å²) in [6.07, 6.45) is 7.06. The maximum atomic E-state index is 11.6. The van der Waals surface area contributed by atoms with Gasteiger partial charge in [-0.15, -0.1) is 0 Å². The zero-order chi connectivity index (χ0) is 20.7. The number of ether oxygens (including phenoxy) is 2. The largest absolute Gasteiger partial charge is 0.489 e. The van der Waals surface area contributed by atoms with E-state index in [1.54, 1.807) is 6.92 Å². The van der Waals surface area contributed by atoms with E-state index in [0.717, 1.165) is 25.0 Å². The Hall–Kier alpha value is -2.29. The Kier molecular flexibility index (Phi) is 5.08. The number of hydrogen-bond donors (Lipinski definition) is 0. The highest BCUT2D eigenvalue weighted by atomic mass is 16.5. The Morgan fingerprint density at radius 1 is 1.07 bits per heavy atom. The Balaban J connectivity index is 1.32. The Bertz CT molecular complexity index is 921. The molecule has 0 N–H and O–H groups in total. The van der Waals surface area contributed by atoms with Crippen molar-refractivity contribution in [3.63, 3.8) is 0 Å². The summed E-state index contributed by atoms with van der Waals surface area (Å²) >= 11 is 0. The summed E-state index contributed by atoms with van der Waals surface area (Å²) in [7, 11) is 0. The SMILES string of the molecule is CC(=O)O[C@@H]1CC[C@H]2[C@@H]3CCc4cc(OCc5ccccc5)ccc4[C@H]3CC[C@]12C. The van der Waals surface area contributed by atoms with E-state index in [2.05, 4.69) is 49.4 Å². The van der Waals surface area contributed by atoms with E-state index in [-0.39, 0.29) is 17.5 Å². The average molecular weight is 405 g/mol. The molecule has 2 aromatic carbocycles. The molecular weight excluding hydrogens is 372 g/mol. The summed E-state index contributed by atoms with van der Waals surface area (Å²) in [5.41, 5.74) is 4.37. The fourth-order valence-corrected chi connectivity index (χ4v) is 6.74. The quantitative estimate of drug-likeness (QED) is 0.582. The zero-order valence-electron chi connectivity index (χ0n) is 18.1. The summed E-state index contributed by atoms with van der Waals surface area (Å²) in [5, 5.41) is 0. The van der Waals surface area contributed by atoms with Crippen molar-refractivity contribution in [2.75, 3.05) is 0 Å². The number of benzene rings is 2. The molecule has 0 unspecified atom stereocenters. The smallest absolute Gasteiger partial charge is 0.302 e. The molecule has 3 nitrogen and oxygen atoms in total. The molecule has 3 aliphatic rings. The minimum atomic E-state index is -0.124. The van der Waals surface area contributed by atoms with Gasteiger partial charge in [-0.1, -0.05) is 43.3 Å². The lowest BCUT2D eigenvalue weighted by Gasteiger charge is -2.50. The van der Waals surface area contributed by atoms with Gasteiger partial charge >= 0.3 is 5.97 Å². The van der Waals surface area contributed by atoms with E-state index in [4.69, 9.17) is 9.47 Å². The van der Waals surface area contributed by atoms with Gasteiger partial charge in [-0.3, -0.25) is 4.79 Å². The summed E-state index contributed by atoms with van der Waals surface area (Å²) in [5.74, 6) is 2.88. The number of rotatable bonds is 4. The predicted octanol–water partition coefficient (Wildman–Crippen LogP) is 6.05. The Morgan fingerprint density at radius 3 is 2.70 bits per heavy atom. The number of fused-ring (bicyclic) bond motifs is 5. The van der Waals surface area contributed by atoms with Crippen molar-refractivity contribution in [2.45, 2.75) is 71.0 Å². The monoisotopic (exact) mass is 404 g/mol. The van der Waals surface area contributed by atoms with Gasteiger partial charge in [-0.25, -0.2) is 0 Å². The van der Waals surface area contributed by atoms with Crippen LogP contribution in [-0.2, 0) is 22.6 Å². The third-order valence-electron chi connectivity index (χ3n) is 8.17. The molecule has 2 saturated carbocycles. The van der Waals surface area contributed by atoms with Gasteiger partial charge in [-0.05, 0) is 85.1 Å². The average Bonchev–Trinajstić information content (AvgIpc) is 3.08. The van der Waals surface area contributed by atoms with Gasteiger partial charge in [0.05, 0.1) is 0 Å². The van der Waals surface area contributed by atoms with Crippen LogP contribution in [-0.4, -0.2) is 12.1 Å². The van der Waals surface area contributed by atoms with Crippen molar-refractivity contribution in [2.24, 2.45) is 17.3 Å². The molecule has 2 fully saturated rings. The van der Waals surface area contributed by atoms with E-state index in [1.165, 1.54) is 36.0 Å². The molecule has 2 aromatic rings. The van der Waals surface area contributed by atoms with Crippen LogP contribution in [0, 0.1) is 17.3 Å². The van der Waals surface area contributed by atoms with Crippen LogP contribution in [0.2, 0.25) is 0 Å². The zero-order valence-corrected chi connectivity index (χ0v) is 18.1. The second-order valence-corrected chi connectivity index (χ2v) is 9.77. The summed E-state index contributed by atoms with van der Waals surface area (Å²) in [6.45, 7) is 4.55. The molecule has 0 heterocycles. The van der Waals surface area contributed by atoms with Gasteiger partial charge in [-0.2, -0.15) is 0 Å². The van der Waals surface area contributed by atoms with Crippen molar-refractivity contribution < 1.29 is 14.3 Å². The fourth-order valence-electron chi connectivity index (χ4n) is 6.74. The number of carbonyl (C=O) groups excluding carboxylic acids is 1. The minimum absolute atomic E-state index is 0.108. The maximum absolute atomic E-state index is 11.6. The van der Waals surface area contributed by atoms with Crippen LogP contribution in [0.5, 0.6) is 5.75 Å². The molecule has 5 atom stereocenters. The lowest BCUT2D eigenvalue weighted by molar-refractivity contribution is -0.154. The Morgan fingerprint density at radius 2 is 1.90 bits per heavy atom. The standard InChI is InChI=1S/C27H32O3/c1-18(28)30-26-13-12-25-24-10-8-20-16-21(29-17-19-6-4-3-5-7-19)9-11-22(20)23(24)14-15-27(25,26)2/h3-7,9,11,16,23-26H,8,10,12-15,17H2,1-2H3/t23-,24-,25+,26-,27+/m1/s1. The first-order valence-electron chi connectivity index (χ1n) is 11.5. The lowest BCUT2D eigenvalue weighted by atomic mass is 9.55. The molecular formula is C27H32O3. The van der Waals surface area contributed by atoms with E-state index < -0.39 is 0 Å². The maximum Gasteiger partial charge on any atom is 0.302 e. The number of aryl methyl sites for hydroxylation is 1. The third-order valence-corrected chi connectivity index (χ3v) is 8.17. The third kappa shape index (κ3) is 3.42. The van der Waals surface area contributed by atoms with E-state index in [9.17, 15) is 4.79 Å². The first-order chi connectivity index (χ1) is 14.5. The van der Waals surface area contributed by atoms with Crippen molar-refractivity contribution in [3.05, 3.63) is 65.2 Å².